The van der Waals surface area contributed by atoms with Crippen LogP contribution in [0.2, 0.25) is 0 Å². The van der Waals surface area contributed by atoms with Crippen LogP contribution < -0.4 is 10.3 Å². The smallest absolute Gasteiger partial charge is 0.416 e. The molecule has 3 aromatic rings. The highest BCUT2D eigenvalue weighted by molar-refractivity contribution is 9.10. The van der Waals surface area contributed by atoms with Gasteiger partial charge in [-0.3, -0.25) is 9.36 Å². The molecule has 0 aliphatic rings. The first-order chi connectivity index (χ1) is 12.9. The topological polar surface area (TPSA) is 44.1 Å². The average molecular weight is 439 g/mol. The summed E-state index contributed by atoms with van der Waals surface area (Å²) in [6.07, 6.45) is -3.32. The fourth-order valence-corrected chi connectivity index (χ4v) is 2.95. The van der Waals surface area contributed by atoms with Gasteiger partial charge in [0.05, 0.1) is 12.1 Å². The molecule has 0 bridgehead atoms. The van der Waals surface area contributed by atoms with Crippen LogP contribution in [0.4, 0.5) is 13.2 Å². The molecular formula is C19H14BrF3N2O2. The van der Waals surface area contributed by atoms with Gasteiger partial charge in [0.1, 0.15) is 17.4 Å². The van der Waals surface area contributed by atoms with E-state index in [1.807, 2.05) is 30.3 Å². The molecule has 0 N–H and O–H groups in total. The lowest BCUT2D eigenvalue weighted by Crippen LogP contribution is -2.24. The minimum Gasteiger partial charge on any atom is -0.472 e. The van der Waals surface area contributed by atoms with Gasteiger partial charge in [-0.15, -0.1) is 0 Å². The van der Waals surface area contributed by atoms with Crippen LogP contribution in [0.5, 0.6) is 5.88 Å². The third kappa shape index (κ3) is 4.57. The summed E-state index contributed by atoms with van der Waals surface area (Å²) in [5.74, 6) is 0.0872. The maximum Gasteiger partial charge on any atom is 0.416 e. The van der Waals surface area contributed by atoms with Crippen LogP contribution >= 0.6 is 15.9 Å². The molecule has 140 valence electrons. The second-order valence-electron chi connectivity index (χ2n) is 5.73. The van der Waals surface area contributed by atoms with Gasteiger partial charge in [-0.05, 0) is 33.1 Å². The lowest BCUT2D eigenvalue weighted by molar-refractivity contribution is -0.138. The van der Waals surface area contributed by atoms with Crippen molar-refractivity contribution >= 4 is 15.9 Å². The van der Waals surface area contributed by atoms with E-state index >= 15 is 0 Å². The molecule has 0 radical (unpaired) electrons. The molecule has 0 atom stereocenters. The van der Waals surface area contributed by atoms with Gasteiger partial charge >= 0.3 is 6.18 Å². The number of hydrogen-bond acceptors (Lipinski definition) is 3. The van der Waals surface area contributed by atoms with Crippen molar-refractivity contribution in [2.24, 2.45) is 0 Å². The van der Waals surface area contributed by atoms with E-state index in [9.17, 15) is 18.0 Å². The Morgan fingerprint density at radius 2 is 1.70 bits per heavy atom. The van der Waals surface area contributed by atoms with E-state index < -0.39 is 17.3 Å². The third-order valence-corrected chi connectivity index (χ3v) is 4.51. The van der Waals surface area contributed by atoms with Crippen LogP contribution in [0.3, 0.4) is 0 Å². The van der Waals surface area contributed by atoms with Crippen molar-refractivity contribution in [2.75, 3.05) is 0 Å². The Labute approximate surface area is 161 Å². The van der Waals surface area contributed by atoms with Gasteiger partial charge in [0.2, 0.25) is 5.88 Å². The second-order valence-corrected chi connectivity index (χ2v) is 6.52. The molecular weight excluding hydrogens is 425 g/mol. The molecule has 2 aromatic carbocycles. The number of halogens is 4. The number of ether oxygens (including phenoxy) is 1. The standard InChI is InChI=1S/C19H14BrF3N2O2/c20-16-17(27-11-13-6-2-1-3-7-13)24-12-25(18(16)26)10-14-8-4-5-9-15(14)19(21,22)23/h1-9,12H,10-11H2. The quantitative estimate of drug-likeness (QED) is 0.582. The van der Waals surface area contributed by atoms with Crippen molar-refractivity contribution in [1.82, 2.24) is 9.55 Å². The summed E-state index contributed by atoms with van der Waals surface area (Å²) in [4.78, 5) is 16.5. The molecule has 0 saturated heterocycles. The van der Waals surface area contributed by atoms with E-state index in [1.54, 1.807) is 0 Å². The molecule has 0 aliphatic carbocycles. The summed E-state index contributed by atoms with van der Waals surface area (Å²) in [5.41, 5.74) is -0.421. The van der Waals surface area contributed by atoms with Gasteiger partial charge in [-0.25, -0.2) is 4.98 Å². The molecule has 8 heteroatoms. The van der Waals surface area contributed by atoms with Crippen molar-refractivity contribution in [3.05, 3.63) is 92.4 Å². The van der Waals surface area contributed by atoms with Crippen molar-refractivity contribution in [3.63, 3.8) is 0 Å². The van der Waals surface area contributed by atoms with Crippen LogP contribution in [0.1, 0.15) is 16.7 Å². The van der Waals surface area contributed by atoms with Crippen LogP contribution in [0, 0.1) is 0 Å². The lowest BCUT2D eigenvalue weighted by Gasteiger charge is -2.14. The van der Waals surface area contributed by atoms with Gasteiger partial charge in [0.15, 0.2) is 0 Å². The molecule has 1 aromatic heterocycles. The molecule has 1 heterocycles. The first-order valence-electron chi connectivity index (χ1n) is 7.93. The van der Waals surface area contributed by atoms with Crippen LogP contribution in [0.25, 0.3) is 0 Å². The normalized spacial score (nSPS) is 11.4. The molecule has 0 saturated carbocycles. The van der Waals surface area contributed by atoms with Crippen molar-refractivity contribution in [1.29, 1.82) is 0 Å². The Kier molecular flexibility index (Phi) is 5.65. The molecule has 27 heavy (non-hydrogen) atoms. The molecule has 4 nitrogen and oxygen atoms in total. The Bertz CT molecular complexity index is 988. The number of hydrogen-bond donors (Lipinski definition) is 0. The van der Waals surface area contributed by atoms with E-state index in [0.29, 0.717) is 0 Å². The summed E-state index contributed by atoms with van der Waals surface area (Å²) in [7, 11) is 0. The predicted molar refractivity (Wildman–Crippen MR) is 97.5 cm³/mol. The van der Waals surface area contributed by atoms with Crippen LogP contribution in [-0.4, -0.2) is 9.55 Å². The molecule has 0 fully saturated rings. The minimum absolute atomic E-state index is 0.0150. The first-order valence-corrected chi connectivity index (χ1v) is 8.72. The maximum absolute atomic E-state index is 13.1. The summed E-state index contributed by atoms with van der Waals surface area (Å²) in [6.45, 7) is -0.0358. The number of aromatic nitrogens is 2. The highest BCUT2D eigenvalue weighted by atomic mass is 79.9. The zero-order valence-corrected chi connectivity index (χ0v) is 15.5. The average Bonchev–Trinajstić information content (AvgIpc) is 2.65. The lowest BCUT2D eigenvalue weighted by atomic mass is 10.1. The second kappa shape index (κ2) is 7.96. The van der Waals surface area contributed by atoms with E-state index in [-0.39, 0.29) is 29.1 Å². The van der Waals surface area contributed by atoms with Crippen molar-refractivity contribution in [2.45, 2.75) is 19.3 Å². The predicted octanol–water partition coefficient (Wildman–Crippen LogP) is 4.65. The number of nitrogens with zero attached hydrogens (tertiary/aromatic N) is 2. The minimum atomic E-state index is -4.50. The van der Waals surface area contributed by atoms with Crippen molar-refractivity contribution < 1.29 is 17.9 Å². The Balaban J connectivity index is 1.83. The maximum atomic E-state index is 13.1. The fraction of sp³-hybridized carbons (Fsp3) is 0.158. The number of benzene rings is 2. The summed E-state index contributed by atoms with van der Waals surface area (Å²) >= 11 is 3.13. The third-order valence-electron chi connectivity index (χ3n) is 3.83. The van der Waals surface area contributed by atoms with Crippen molar-refractivity contribution in [3.8, 4) is 5.88 Å². The molecule has 0 unspecified atom stereocenters. The monoisotopic (exact) mass is 438 g/mol. The highest BCUT2D eigenvalue weighted by Crippen LogP contribution is 2.32. The summed E-state index contributed by atoms with van der Waals surface area (Å²) in [6, 6.07) is 14.4. The summed E-state index contributed by atoms with van der Waals surface area (Å²) < 4.78 is 46.1. The molecule has 0 spiro atoms. The Morgan fingerprint density at radius 3 is 2.41 bits per heavy atom. The van der Waals surface area contributed by atoms with Gasteiger partial charge in [-0.1, -0.05) is 48.5 Å². The molecule has 0 amide bonds. The molecule has 0 aliphatic heterocycles. The van der Waals surface area contributed by atoms with E-state index in [1.165, 1.54) is 24.5 Å². The van der Waals surface area contributed by atoms with Gasteiger partial charge < -0.3 is 4.74 Å². The largest absolute Gasteiger partial charge is 0.472 e. The first kappa shape index (κ1) is 19.2. The Morgan fingerprint density at radius 1 is 1.04 bits per heavy atom. The Hall–Kier alpha value is -2.61. The number of alkyl halides is 3. The SMILES string of the molecule is O=c1c(Br)c(OCc2ccccc2)ncn1Cc1ccccc1C(F)(F)F. The zero-order chi connectivity index (χ0) is 19.4. The number of rotatable bonds is 5. The molecule has 3 rings (SSSR count). The van der Waals surface area contributed by atoms with Gasteiger partial charge in [0, 0.05) is 0 Å². The van der Waals surface area contributed by atoms with E-state index in [0.717, 1.165) is 16.2 Å². The fourth-order valence-electron chi connectivity index (χ4n) is 2.51. The van der Waals surface area contributed by atoms with Crippen LogP contribution in [0.15, 0.2) is 70.2 Å². The van der Waals surface area contributed by atoms with E-state index in [2.05, 4.69) is 20.9 Å². The van der Waals surface area contributed by atoms with E-state index in [4.69, 9.17) is 4.74 Å². The highest BCUT2D eigenvalue weighted by Gasteiger charge is 2.33. The van der Waals surface area contributed by atoms with Crippen LogP contribution in [-0.2, 0) is 19.3 Å². The summed E-state index contributed by atoms with van der Waals surface area (Å²) in [5, 5.41) is 0. The van der Waals surface area contributed by atoms with Gasteiger partial charge in [-0.2, -0.15) is 13.2 Å². The zero-order valence-electron chi connectivity index (χ0n) is 13.9. The van der Waals surface area contributed by atoms with Gasteiger partial charge in [0.25, 0.3) is 5.56 Å².